The fourth-order valence-electron chi connectivity index (χ4n) is 2.84. The maximum Gasteiger partial charge on any atom is 0.194 e. The molecule has 0 aliphatic rings. The zero-order chi connectivity index (χ0) is 19.1. The summed E-state index contributed by atoms with van der Waals surface area (Å²) in [7, 11) is 2.05. The molecule has 0 amide bonds. The average molecular weight is 510 g/mol. The van der Waals surface area contributed by atoms with Gasteiger partial charge in [0.1, 0.15) is 0 Å². The maximum atomic E-state index is 4.81. The van der Waals surface area contributed by atoms with Gasteiger partial charge in [-0.05, 0) is 31.0 Å². The summed E-state index contributed by atoms with van der Waals surface area (Å²) >= 11 is 1.68. The number of aryl methyl sites for hydroxylation is 1. The van der Waals surface area contributed by atoms with E-state index in [0.29, 0.717) is 6.54 Å². The first kappa shape index (κ1) is 22.4. The molecule has 3 rings (SSSR count). The molecule has 2 heterocycles. The average Bonchev–Trinajstić information content (AvgIpc) is 3.30. The molecule has 0 radical (unpaired) electrons. The molecule has 0 unspecified atom stereocenters. The molecule has 28 heavy (non-hydrogen) atoms. The summed E-state index contributed by atoms with van der Waals surface area (Å²) in [6, 6.07) is 10.5. The van der Waals surface area contributed by atoms with Gasteiger partial charge in [-0.3, -0.25) is 4.68 Å². The highest BCUT2D eigenvalue weighted by atomic mass is 127. The number of hydrogen-bond donors (Lipinski definition) is 1. The topological polar surface area (TPSA) is 58.3 Å². The van der Waals surface area contributed by atoms with E-state index in [9.17, 15) is 0 Å². The van der Waals surface area contributed by atoms with Crippen molar-refractivity contribution in [3.63, 3.8) is 0 Å². The van der Waals surface area contributed by atoms with Crippen molar-refractivity contribution in [2.45, 2.75) is 33.5 Å². The van der Waals surface area contributed by atoms with E-state index in [-0.39, 0.29) is 24.0 Å². The third kappa shape index (κ3) is 6.59. The Morgan fingerprint density at radius 1 is 1.29 bits per heavy atom. The van der Waals surface area contributed by atoms with Gasteiger partial charge in [0.2, 0.25) is 0 Å². The first-order chi connectivity index (χ1) is 13.1. The Hall–Kier alpha value is -1.94. The summed E-state index contributed by atoms with van der Waals surface area (Å²) in [5.41, 5.74) is 3.49. The van der Waals surface area contributed by atoms with E-state index in [1.165, 1.54) is 11.1 Å². The Morgan fingerprint density at radius 3 is 2.79 bits per heavy atom. The van der Waals surface area contributed by atoms with Gasteiger partial charge in [-0.1, -0.05) is 24.3 Å². The summed E-state index contributed by atoms with van der Waals surface area (Å²) in [5.74, 6) is 0.889. The van der Waals surface area contributed by atoms with Gasteiger partial charge in [0.25, 0.3) is 0 Å². The lowest BCUT2D eigenvalue weighted by Crippen LogP contribution is -2.38. The third-order valence-electron chi connectivity index (χ3n) is 4.07. The van der Waals surface area contributed by atoms with Crippen LogP contribution in [0.1, 0.15) is 28.8 Å². The molecule has 1 N–H and O–H groups in total. The number of guanidine groups is 1. The Balaban J connectivity index is 0.00000280. The number of rotatable bonds is 7. The Labute approximate surface area is 187 Å². The molecule has 0 saturated carbocycles. The molecule has 1 aromatic carbocycles. The van der Waals surface area contributed by atoms with Crippen LogP contribution in [0.25, 0.3) is 0 Å². The molecule has 150 valence electrons. The van der Waals surface area contributed by atoms with Gasteiger partial charge in [-0.15, -0.1) is 35.3 Å². The summed E-state index contributed by atoms with van der Waals surface area (Å²) in [6.07, 6.45) is 3.78. The molecule has 6 nitrogen and oxygen atoms in total. The van der Waals surface area contributed by atoms with Crippen LogP contribution in [-0.4, -0.2) is 39.2 Å². The Morgan fingerprint density at radius 2 is 2.11 bits per heavy atom. The number of aliphatic imine (C=N–C) groups is 1. The molecule has 2 aromatic heterocycles. The lowest BCUT2D eigenvalue weighted by molar-refractivity contribution is 0.471. The van der Waals surface area contributed by atoms with Gasteiger partial charge in [0.05, 0.1) is 30.3 Å². The van der Waals surface area contributed by atoms with Crippen LogP contribution in [0.2, 0.25) is 0 Å². The molecule has 0 bridgehead atoms. The Bertz CT molecular complexity index is 874. The second-order valence-electron chi connectivity index (χ2n) is 6.41. The van der Waals surface area contributed by atoms with Crippen LogP contribution in [-0.2, 0) is 19.6 Å². The van der Waals surface area contributed by atoms with Crippen LogP contribution in [0, 0.1) is 6.92 Å². The number of nitrogens with zero attached hydrogens (tertiary/aromatic N) is 5. The number of hydrogen-bond acceptors (Lipinski definition) is 4. The van der Waals surface area contributed by atoms with Crippen molar-refractivity contribution in [3.05, 3.63) is 69.9 Å². The molecule has 0 atom stereocenters. The number of aromatic nitrogens is 3. The van der Waals surface area contributed by atoms with Gasteiger partial charge in [0, 0.05) is 31.4 Å². The van der Waals surface area contributed by atoms with Gasteiger partial charge < -0.3 is 10.2 Å². The van der Waals surface area contributed by atoms with Crippen molar-refractivity contribution in [2.24, 2.45) is 4.99 Å². The van der Waals surface area contributed by atoms with E-state index in [1.54, 1.807) is 17.5 Å². The lowest BCUT2D eigenvalue weighted by atomic mass is 10.1. The van der Waals surface area contributed by atoms with E-state index in [0.717, 1.165) is 36.3 Å². The monoisotopic (exact) mass is 510 g/mol. The van der Waals surface area contributed by atoms with Crippen molar-refractivity contribution < 1.29 is 0 Å². The van der Waals surface area contributed by atoms with Gasteiger partial charge in [-0.2, -0.15) is 5.10 Å². The maximum absolute atomic E-state index is 4.81. The van der Waals surface area contributed by atoms with Crippen molar-refractivity contribution in [3.8, 4) is 0 Å². The van der Waals surface area contributed by atoms with E-state index in [4.69, 9.17) is 4.99 Å². The smallest absolute Gasteiger partial charge is 0.194 e. The molecule has 3 aromatic rings. The number of halogens is 1. The minimum absolute atomic E-state index is 0. The standard InChI is InChI=1S/C20H26N6S.HI/c1-4-21-20(25(3)14-19-15-27-16(2)24-19)22-12-17-7-5-8-18(11-17)13-26-10-6-9-23-26;/h5-11,15H,4,12-14H2,1-3H3,(H,21,22);1H. The first-order valence-electron chi connectivity index (χ1n) is 9.09. The van der Waals surface area contributed by atoms with Gasteiger partial charge in [-0.25, -0.2) is 9.98 Å². The van der Waals surface area contributed by atoms with Gasteiger partial charge in [0.15, 0.2) is 5.96 Å². The fraction of sp³-hybridized carbons (Fsp3) is 0.350. The second-order valence-corrected chi connectivity index (χ2v) is 7.47. The first-order valence-corrected chi connectivity index (χ1v) is 9.97. The van der Waals surface area contributed by atoms with Crippen molar-refractivity contribution in [1.29, 1.82) is 0 Å². The minimum atomic E-state index is 0. The van der Waals surface area contributed by atoms with E-state index >= 15 is 0 Å². The fourth-order valence-corrected chi connectivity index (χ4v) is 3.45. The van der Waals surface area contributed by atoms with E-state index in [1.807, 2.05) is 30.9 Å². The van der Waals surface area contributed by atoms with Crippen molar-refractivity contribution in [1.82, 2.24) is 25.0 Å². The lowest BCUT2D eigenvalue weighted by Gasteiger charge is -2.21. The van der Waals surface area contributed by atoms with Crippen molar-refractivity contribution >= 4 is 41.3 Å². The number of benzene rings is 1. The number of thiazole rings is 1. The van der Waals surface area contributed by atoms with E-state index < -0.39 is 0 Å². The largest absolute Gasteiger partial charge is 0.357 e. The predicted molar refractivity (Wildman–Crippen MR) is 126 cm³/mol. The summed E-state index contributed by atoms with van der Waals surface area (Å²) in [4.78, 5) is 11.5. The predicted octanol–water partition coefficient (Wildman–Crippen LogP) is 3.91. The highest BCUT2D eigenvalue weighted by molar-refractivity contribution is 14.0. The molecular weight excluding hydrogens is 483 g/mol. The molecule has 0 aliphatic heterocycles. The SMILES string of the molecule is CCNC(=NCc1cccc(Cn2cccn2)c1)N(C)Cc1csc(C)n1.I. The van der Waals surface area contributed by atoms with Crippen molar-refractivity contribution in [2.75, 3.05) is 13.6 Å². The molecular formula is C20H27IN6S. The second kappa shape index (κ2) is 11.2. The third-order valence-corrected chi connectivity index (χ3v) is 4.89. The van der Waals surface area contributed by atoms with Gasteiger partial charge >= 0.3 is 0 Å². The van der Waals surface area contributed by atoms with Crippen LogP contribution in [0.3, 0.4) is 0 Å². The highest BCUT2D eigenvalue weighted by Crippen LogP contribution is 2.11. The molecule has 0 fully saturated rings. The van der Waals surface area contributed by atoms with E-state index in [2.05, 4.69) is 56.9 Å². The minimum Gasteiger partial charge on any atom is -0.357 e. The Kier molecular flexibility index (Phi) is 8.91. The molecule has 8 heteroatoms. The summed E-state index contributed by atoms with van der Waals surface area (Å²) < 4.78 is 1.93. The zero-order valence-corrected chi connectivity index (χ0v) is 19.6. The molecule has 0 aliphatic carbocycles. The summed E-state index contributed by atoms with van der Waals surface area (Å²) in [5, 5.41) is 10.8. The van der Waals surface area contributed by atoms with Crippen LogP contribution < -0.4 is 5.32 Å². The number of nitrogens with one attached hydrogen (secondary N) is 1. The normalized spacial score (nSPS) is 11.2. The quantitative estimate of drug-likeness (QED) is 0.298. The molecule has 0 spiro atoms. The summed E-state index contributed by atoms with van der Waals surface area (Å²) in [6.45, 7) is 7.10. The molecule has 0 saturated heterocycles. The van der Waals surface area contributed by atoms with Crippen LogP contribution in [0.15, 0.2) is 53.1 Å². The zero-order valence-electron chi connectivity index (χ0n) is 16.5. The highest BCUT2D eigenvalue weighted by Gasteiger charge is 2.08. The van der Waals surface area contributed by atoms with Crippen LogP contribution in [0.4, 0.5) is 0 Å². The van der Waals surface area contributed by atoms with Crippen LogP contribution >= 0.6 is 35.3 Å². The van der Waals surface area contributed by atoms with Crippen LogP contribution in [0.5, 0.6) is 0 Å².